The van der Waals surface area contributed by atoms with Crippen molar-refractivity contribution >= 4 is 21.6 Å². The summed E-state index contributed by atoms with van der Waals surface area (Å²) in [7, 11) is -2.16. The van der Waals surface area contributed by atoms with E-state index in [4.69, 9.17) is 4.74 Å². The molecule has 0 bridgehead atoms. The highest BCUT2D eigenvalue weighted by molar-refractivity contribution is 7.92. The lowest BCUT2D eigenvalue weighted by molar-refractivity contribution is 0.0773. The Hall–Kier alpha value is -3.32. The quantitative estimate of drug-likeness (QED) is 0.570. The molecule has 162 valence electrons. The Labute approximate surface area is 183 Å². The van der Waals surface area contributed by atoms with Crippen LogP contribution in [0.5, 0.6) is 5.75 Å². The molecule has 1 amide bonds. The molecule has 0 aliphatic carbocycles. The van der Waals surface area contributed by atoms with Crippen LogP contribution in [-0.4, -0.2) is 39.4 Å². The maximum atomic E-state index is 12.9. The zero-order valence-corrected chi connectivity index (χ0v) is 18.6. The van der Waals surface area contributed by atoms with E-state index in [2.05, 4.69) is 4.72 Å². The van der Waals surface area contributed by atoms with Crippen molar-refractivity contribution in [1.29, 1.82) is 0 Å². The fourth-order valence-corrected chi connectivity index (χ4v) is 4.12. The monoisotopic (exact) mass is 438 g/mol. The van der Waals surface area contributed by atoms with Crippen molar-refractivity contribution in [2.75, 3.05) is 24.9 Å². The van der Waals surface area contributed by atoms with Crippen molar-refractivity contribution < 1.29 is 17.9 Å². The van der Waals surface area contributed by atoms with E-state index in [1.54, 1.807) is 38.2 Å². The third-order valence-electron chi connectivity index (χ3n) is 4.81. The Morgan fingerprint density at radius 3 is 2.42 bits per heavy atom. The Kier molecular flexibility index (Phi) is 6.97. The molecule has 0 aromatic heterocycles. The predicted octanol–water partition coefficient (Wildman–Crippen LogP) is 4.26. The first-order valence-electron chi connectivity index (χ1n) is 9.90. The van der Waals surface area contributed by atoms with Crippen LogP contribution in [0.4, 0.5) is 5.69 Å². The molecule has 0 aliphatic rings. The van der Waals surface area contributed by atoms with Gasteiger partial charge in [0.15, 0.2) is 0 Å². The maximum absolute atomic E-state index is 12.9. The summed E-state index contributed by atoms with van der Waals surface area (Å²) in [5.41, 5.74) is 2.47. The van der Waals surface area contributed by atoms with E-state index in [1.165, 1.54) is 17.0 Å². The molecule has 0 unspecified atom stereocenters. The fourth-order valence-electron chi connectivity index (χ4n) is 3.05. The van der Waals surface area contributed by atoms with Crippen LogP contribution in [-0.2, 0) is 10.0 Å². The molecule has 3 aromatic carbocycles. The molecule has 3 aromatic rings. The normalized spacial score (nSPS) is 11.1. The second-order valence-electron chi connectivity index (χ2n) is 7.34. The molecular weight excluding hydrogens is 412 g/mol. The number of ether oxygens (including phenoxy) is 1. The van der Waals surface area contributed by atoms with Gasteiger partial charge >= 0.3 is 0 Å². The minimum atomic E-state index is -3.83. The molecule has 0 spiro atoms. The summed E-state index contributed by atoms with van der Waals surface area (Å²) in [6.07, 6.45) is 0. The summed E-state index contributed by atoms with van der Waals surface area (Å²) in [5.74, 6) is 0.469. The number of hydrogen-bond donors (Lipinski definition) is 1. The topological polar surface area (TPSA) is 75.7 Å². The SMILES string of the molecule is Cc1cccc(NS(=O)(=O)c2ccc(C)c(C(=O)N(C)CCOc3ccccc3)c2)c1. The van der Waals surface area contributed by atoms with Crippen LogP contribution in [0, 0.1) is 13.8 Å². The van der Waals surface area contributed by atoms with E-state index in [0.29, 0.717) is 30.0 Å². The largest absolute Gasteiger partial charge is 0.492 e. The number of hydrogen-bond acceptors (Lipinski definition) is 4. The first-order chi connectivity index (χ1) is 14.8. The average molecular weight is 439 g/mol. The second kappa shape index (κ2) is 9.66. The molecule has 0 saturated heterocycles. The van der Waals surface area contributed by atoms with Gasteiger partial charge < -0.3 is 9.64 Å². The van der Waals surface area contributed by atoms with E-state index in [-0.39, 0.29) is 10.8 Å². The lowest BCUT2D eigenvalue weighted by atomic mass is 10.1. The van der Waals surface area contributed by atoms with Gasteiger partial charge in [0.2, 0.25) is 0 Å². The number of benzene rings is 3. The van der Waals surface area contributed by atoms with Crippen molar-refractivity contribution in [3.05, 3.63) is 89.5 Å². The lowest BCUT2D eigenvalue weighted by Gasteiger charge is -2.19. The first-order valence-corrected chi connectivity index (χ1v) is 11.4. The lowest BCUT2D eigenvalue weighted by Crippen LogP contribution is -2.31. The molecule has 3 rings (SSSR count). The van der Waals surface area contributed by atoms with Crippen LogP contribution in [0.15, 0.2) is 77.7 Å². The minimum absolute atomic E-state index is 0.0388. The summed E-state index contributed by atoms with van der Waals surface area (Å²) >= 11 is 0. The van der Waals surface area contributed by atoms with Crippen molar-refractivity contribution in [3.8, 4) is 5.75 Å². The average Bonchev–Trinajstić information content (AvgIpc) is 2.74. The molecule has 0 radical (unpaired) electrons. The van der Waals surface area contributed by atoms with Crippen molar-refractivity contribution in [3.63, 3.8) is 0 Å². The van der Waals surface area contributed by atoms with Gasteiger partial charge in [-0.1, -0.05) is 36.4 Å². The molecule has 31 heavy (non-hydrogen) atoms. The van der Waals surface area contributed by atoms with Crippen LogP contribution >= 0.6 is 0 Å². The minimum Gasteiger partial charge on any atom is -0.492 e. The Morgan fingerprint density at radius 2 is 1.71 bits per heavy atom. The number of rotatable bonds is 8. The number of anilines is 1. The summed E-state index contributed by atoms with van der Waals surface area (Å²) < 4.78 is 33.9. The van der Waals surface area contributed by atoms with Crippen LogP contribution in [0.2, 0.25) is 0 Å². The summed E-state index contributed by atoms with van der Waals surface area (Å²) in [6, 6.07) is 21.0. The number of nitrogens with zero attached hydrogens (tertiary/aromatic N) is 1. The molecular formula is C24H26N2O4S. The van der Waals surface area contributed by atoms with Gasteiger partial charge in [-0.15, -0.1) is 0 Å². The van der Waals surface area contributed by atoms with E-state index >= 15 is 0 Å². The molecule has 0 fully saturated rings. The smallest absolute Gasteiger partial charge is 0.261 e. The van der Waals surface area contributed by atoms with Crippen LogP contribution in [0.1, 0.15) is 21.5 Å². The van der Waals surface area contributed by atoms with Crippen LogP contribution in [0.3, 0.4) is 0 Å². The number of sulfonamides is 1. The summed E-state index contributed by atoms with van der Waals surface area (Å²) in [4.78, 5) is 14.5. The first kappa shape index (κ1) is 22.4. The highest BCUT2D eigenvalue weighted by Gasteiger charge is 2.20. The number of para-hydroxylation sites is 1. The highest BCUT2D eigenvalue weighted by atomic mass is 32.2. The third kappa shape index (κ3) is 5.86. The van der Waals surface area contributed by atoms with Crippen LogP contribution in [0.25, 0.3) is 0 Å². The molecule has 7 heteroatoms. The fraction of sp³-hybridized carbons (Fsp3) is 0.208. The van der Waals surface area contributed by atoms with Gasteiger partial charge in [-0.3, -0.25) is 9.52 Å². The number of amides is 1. The van der Waals surface area contributed by atoms with Gasteiger partial charge in [-0.05, 0) is 61.4 Å². The van der Waals surface area contributed by atoms with Gasteiger partial charge in [-0.25, -0.2) is 8.42 Å². The number of nitrogens with one attached hydrogen (secondary N) is 1. The summed E-state index contributed by atoms with van der Waals surface area (Å²) in [6.45, 7) is 4.37. The number of aryl methyl sites for hydroxylation is 2. The van der Waals surface area contributed by atoms with E-state index in [1.807, 2.05) is 43.3 Å². The standard InChI is InChI=1S/C24H26N2O4S/c1-18-8-7-9-20(16-18)25-31(28,29)22-13-12-19(2)23(17-22)24(27)26(3)14-15-30-21-10-5-4-6-11-21/h4-13,16-17,25H,14-15H2,1-3H3. The third-order valence-corrected chi connectivity index (χ3v) is 6.18. The van der Waals surface area contributed by atoms with E-state index in [9.17, 15) is 13.2 Å². The van der Waals surface area contributed by atoms with E-state index < -0.39 is 10.0 Å². The van der Waals surface area contributed by atoms with Gasteiger partial charge in [0, 0.05) is 18.3 Å². The second-order valence-corrected chi connectivity index (χ2v) is 9.02. The van der Waals surface area contributed by atoms with E-state index in [0.717, 1.165) is 11.3 Å². The molecule has 0 aliphatic heterocycles. The summed E-state index contributed by atoms with van der Waals surface area (Å²) in [5, 5.41) is 0. The molecule has 1 N–H and O–H groups in total. The molecule has 0 heterocycles. The number of likely N-dealkylation sites (N-methyl/N-ethyl adjacent to an activating group) is 1. The zero-order chi connectivity index (χ0) is 22.4. The maximum Gasteiger partial charge on any atom is 0.261 e. The highest BCUT2D eigenvalue weighted by Crippen LogP contribution is 2.21. The Balaban J connectivity index is 1.72. The van der Waals surface area contributed by atoms with Crippen molar-refractivity contribution in [1.82, 2.24) is 4.90 Å². The Morgan fingerprint density at radius 1 is 0.968 bits per heavy atom. The van der Waals surface area contributed by atoms with Crippen molar-refractivity contribution in [2.45, 2.75) is 18.7 Å². The van der Waals surface area contributed by atoms with Gasteiger partial charge in [0.25, 0.3) is 15.9 Å². The number of carbonyl (C=O) groups excluding carboxylic acids is 1. The van der Waals surface area contributed by atoms with Crippen LogP contribution < -0.4 is 9.46 Å². The van der Waals surface area contributed by atoms with Gasteiger partial charge in [-0.2, -0.15) is 0 Å². The predicted molar refractivity (Wildman–Crippen MR) is 122 cm³/mol. The van der Waals surface area contributed by atoms with Gasteiger partial charge in [0.1, 0.15) is 12.4 Å². The zero-order valence-electron chi connectivity index (χ0n) is 17.8. The molecule has 6 nitrogen and oxygen atoms in total. The molecule has 0 atom stereocenters. The van der Waals surface area contributed by atoms with Crippen molar-refractivity contribution in [2.24, 2.45) is 0 Å². The molecule has 0 saturated carbocycles. The Bertz CT molecular complexity index is 1160. The van der Waals surface area contributed by atoms with Gasteiger partial charge in [0.05, 0.1) is 11.4 Å². The number of carbonyl (C=O) groups is 1.